The lowest BCUT2D eigenvalue weighted by Gasteiger charge is -2.11. The van der Waals surface area contributed by atoms with Gasteiger partial charge in [-0.15, -0.1) is 11.3 Å². The molecule has 0 spiro atoms. The minimum atomic E-state index is -0.506. The fourth-order valence-electron chi connectivity index (χ4n) is 1.10. The van der Waals surface area contributed by atoms with Gasteiger partial charge in [0.1, 0.15) is 5.01 Å². The molecule has 1 unspecified atom stereocenters. The van der Waals surface area contributed by atoms with Crippen molar-refractivity contribution in [1.29, 1.82) is 0 Å². The van der Waals surface area contributed by atoms with Crippen LogP contribution >= 0.6 is 11.3 Å². The van der Waals surface area contributed by atoms with E-state index >= 15 is 0 Å². The van der Waals surface area contributed by atoms with Gasteiger partial charge in [-0.3, -0.25) is 15.4 Å². The minimum Gasteiger partial charge on any atom is -0.341 e. The second-order valence-corrected chi connectivity index (χ2v) is 4.50. The molecule has 0 saturated carbocycles. The molecule has 1 aromatic rings. The Kier molecular flexibility index (Phi) is 5.05. The van der Waals surface area contributed by atoms with E-state index in [0.717, 1.165) is 10.7 Å². The summed E-state index contributed by atoms with van der Waals surface area (Å²) in [5, 5.41) is 10.4. The molecule has 1 rings (SSSR count). The van der Waals surface area contributed by atoms with Crippen LogP contribution in [0.3, 0.4) is 0 Å². The van der Waals surface area contributed by atoms with Crippen LogP contribution in [0, 0.1) is 6.92 Å². The van der Waals surface area contributed by atoms with Crippen molar-refractivity contribution < 1.29 is 9.59 Å². The number of imide groups is 1. The van der Waals surface area contributed by atoms with Gasteiger partial charge in [-0.05, 0) is 13.8 Å². The van der Waals surface area contributed by atoms with E-state index in [9.17, 15) is 9.59 Å². The van der Waals surface area contributed by atoms with Crippen molar-refractivity contribution in [3.8, 4) is 0 Å². The summed E-state index contributed by atoms with van der Waals surface area (Å²) < 4.78 is 0. The Balaban J connectivity index is 2.36. The fraction of sp³-hybridized carbons (Fsp3) is 0.500. The second-order valence-electron chi connectivity index (χ2n) is 3.55. The van der Waals surface area contributed by atoms with E-state index in [1.54, 1.807) is 6.92 Å². The normalized spacial score (nSPS) is 11.9. The number of carbonyl (C=O) groups is 2. The Morgan fingerprint density at radius 2 is 2.24 bits per heavy atom. The van der Waals surface area contributed by atoms with Crippen molar-refractivity contribution in [3.63, 3.8) is 0 Å². The number of nitrogens with one attached hydrogen (secondary N) is 3. The number of aryl methyl sites for hydroxylation is 1. The van der Waals surface area contributed by atoms with E-state index in [4.69, 9.17) is 0 Å². The maximum atomic E-state index is 11.5. The fourth-order valence-corrected chi connectivity index (χ4v) is 1.82. The number of nitrogens with zero attached hydrogens (tertiary/aromatic N) is 1. The third kappa shape index (κ3) is 4.49. The van der Waals surface area contributed by atoms with Crippen molar-refractivity contribution in [1.82, 2.24) is 20.9 Å². The number of thiazole rings is 1. The molecule has 17 heavy (non-hydrogen) atoms. The zero-order valence-electron chi connectivity index (χ0n) is 10.0. The maximum Gasteiger partial charge on any atom is 0.321 e. The number of rotatable bonds is 4. The van der Waals surface area contributed by atoms with Crippen molar-refractivity contribution in [2.75, 3.05) is 7.05 Å². The summed E-state index contributed by atoms with van der Waals surface area (Å²) in [6.45, 7) is 4.13. The van der Waals surface area contributed by atoms with Gasteiger partial charge in [0.05, 0.1) is 6.04 Å². The van der Waals surface area contributed by atoms with Crippen molar-refractivity contribution in [3.05, 3.63) is 16.1 Å². The number of carbonyl (C=O) groups excluding carboxylic acids is 2. The first-order valence-electron chi connectivity index (χ1n) is 5.20. The van der Waals surface area contributed by atoms with E-state index in [-0.39, 0.29) is 5.91 Å². The first-order valence-corrected chi connectivity index (χ1v) is 6.08. The summed E-state index contributed by atoms with van der Waals surface area (Å²) in [7, 11) is 1.46. The highest BCUT2D eigenvalue weighted by Crippen LogP contribution is 2.08. The highest BCUT2D eigenvalue weighted by molar-refractivity contribution is 7.09. The van der Waals surface area contributed by atoms with Crippen LogP contribution in [0.15, 0.2) is 5.38 Å². The molecule has 3 amide bonds. The largest absolute Gasteiger partial charge is 0.341 e. The summed E-state index contributed by atoms with van der Waals surface area (Å²) >= 11 is 1.54. The molecular formula is C10H16N4O2S. The van der Waals surface area contributed by atoms with Gasteiger partial charge in [0.15, 0.2) is 0 Å². The third-order valence-electron chi connectivity index (χ3n) is 2.08. The number of urea groups is 1. The van der Waals surface area contributed by atoms with Crippen molar-refractivity contribution in [2.24, 2.45) is 0 Å². The van der Waals surface area contributed by atoms with Crippen LogP contribution in [0.25, 0.3) is 0 Å². The van der Waals surface area contributed by atoms with Gasteiger partial charge in [-0.1, -0.05) is 0 Å². The lowest BCUT2D eigenvalue weighted by atomic mass is 10.3. The Hall–Kier alpha value is -1.47. The van der Waals surface area contributed by atoms with Crippen LogP contribution < -0.4 is 16.0 Å². The minimum absolute atomic E-state index is 0.363. The van der Waals surface area contributed by atoms with E-state index in [2.05, 4.69) is 20.9 Å². The topological polar surface area (TPSA) is 83.1 Å². The van der Waals surface area contributed by atoms with Crippen LogP contribution in [0.4, 0.5) is 4.79 Å². The van der Waals surface area contributed by atoms with Gasteiger partial charge in [0, 0.05) is 24.7 Å². The molecule has 0 aliphatic heterocycles. The number of hydrogen-bond acceptors (Lipinski definition) is 5. The smallest absolute Gasteiger partial charge is 0.321 e. The predicted octanol–water partition coefficient (Wildman–Crippen LogP) is 0.385. The second kappa shape index (κ2) is 6.31. The zero-order valence-corrected chi connectivity index (χ0v) is 10.9. The predicted molar refractivity (Wildman–Crippen MR) is 65.8 cm³/mol. The zero-order chi connectivity index (χ0) is 12.8. The molecule has 0 radical (unpaired) electrons. The van der Waals surface area contributed by atoms with Crippen molar-refractivity contribution >= 4 is 23.3 Å². The van der Waals surface area contributed by atoms with Crippen LogP contribution in [0.5, 0.6) is 0 Å². The number of amides is 3. The quantitative estimate of drug-likeness (QED) is 0.727. The molecule has 7 heteroatoms. The van der Waals surface area contributed by atoms with Crippen molar-refractivity contribution in [2.45, 2.75) is 26.4 Å². The standard InChI is InChI=1S/C10H16N4O2S/c1-6-5-17-8(13-6)4-12-7(2)9(15)14-10(16)11-3/h5,7,12H,4H2,1-3H3,(H2,11,14,15,16). The van der Waals surface area contributed by atoms with Gasteiger partial charge in [-0.25, -0.2) is 9.78 Å². The monoisotopic (exact) mass is 256 g/mol. The molecule has 94 valence electrons. The average Bonchev–Trinajstić information content (AvgIpc) is 2.71. The van der Waals surface area contributed by atoms with E-state index in [1.807, 2.05) is 12.3 Å². The van der Waals surface area contributed by atoms with Gasteiger partial charge in [0.2, 0.25) is 5.91 Å². The molecular weight excluding hydrogens is 240 g/mol. The van der Waals surface area contributed by atoms with Gasteiger partial charge >= 0.3 is 6.03 Å². The van der Waals surface area contributed by atoms with Gasteiger partial charge in [0.25, 0.3) is 0 Å². The summed E-state index contributed by atoms with van der Waals surface area (Å²) in [6.07, 6.45) is 0. The summed E-state index contributed by atoms with van der Waals surface area (Å²) in [4.78, 5) is 26.7. The summed E-state index contributed by atoms with van der Waals surface area (Å²) in [5.41, 5.74) is 0.967. The molecule has 1 atom stereocenters. The van der Waals surface area contributed by atoms with Crippen LogP contribution in [-0.4, -0.2) is 30.0 Å². The first kappa shape index (κ1) is 13.6. The molecule has 0 aliphatic carbocycles. The maximum absolute atomic E-state index is 11.5. The highest BCUT2D eigenvalue weighted by atomic mass is 32.1. The molecule has 1 heterocycles. The summed E-state index contributed by atoms with van der Waals surface area (Å²) in [5.74, 6) is -0.363. The molecule has 0 fully saturated rings. The Morgan fingerprint density at radius 3 is 2.76 bits per heavy atom. The lowest BCUT2D eigenvalue weighted by Crippen LogP contribution is -2.47. The highest BCUT2D eigenvalue weighted by Gasteiger charge is 2.14. The molecule has 0 saturated heterocycles. The first-order chi connectivity index (χ1) is 8.02. The molecule has 0 aliphatic rings. The number of hydrogen-bond donors (Lipinski definition) is 3. The summed E-state index contributed by atoms with van der Waals surface area (Å²) in [6, 6.07) is -0.953. The Morgan fingerprint density at radius 1 is 1.53 bits per heavy atom. The lowest BCUT2D eigenvalue weighted by molar-refractivity contribution is -0.121. The van der Waals surface area contributed by atoms with Crippen LogP contribution in [0.2, 0.25) is 0 Å². The Bertz CT molecular complexity index is 405. The molecule has 3 N–H and O–H groups in total. The average molecular weight is 256 g/mol. The van der Waals surface area contributed by atoms with Crippen LogP contribution in [0.1, 0.15) is 17.6 Å². The van der Waals surface area contributed by atoms with E-state index in [0.29, 0.717) is 6.54 Å². The molecule has 0 aromatic carbocycles. The molecule has 0 bridgehead atoms. The molecule has 6 nitrogen and oxygen atoms in total. The van der Waals surface area contributed by atoms with E-state index in [1.165, 1.54) is 18.4 Å². The van der Waals surface area contributed by atoms with Crippen LogP contribution in [-0.2, 0) is 11.3 Å². The van der Waals surface area contributed by atoms with E-state index < -0.39 is 12.1 Å². The third-order valence-corrected chi connectivity index (χ3v) is 3.05. The Labute approximate surface area is 104 Å². The molecule has 1 aromatic heterocycles. The number of aromatic nitrogens is 1. The van der Waals surface area contributed by atoms with Gasteiger partial charge in [-0.2, -0.15) is 0 Å². The SMILES string of the molecule is CNC(=O)NC(=O)C(C)NCc1nc(C)cs1. The van der Waals surface area contributed by atoms with Gasteiger partial charge < -0.3 is 5.32 Å².